The van der Waals surface area contributed by atoms with E-state index in [1.165, 1.54) is 12.1 Å². The number of nitrogens with zero attached hydrogens (tertiary/aromatic N) is 3. The highest BCUT2D eigenvalue weighted by Gasteiger charge is 2.21. The van der Waals surface area contributed by atoms with Crippen LogP contribution in [0.1, 0.15) is 37.1 Å². The molecule has 3 rings (SSSR count). The highest BCUT2D eigenvalue weighted by atomic mass is 19.1. The van der Waals surface area contributed by atoms with Gasteiger partial charge in [0.2, 0.25) is 0 Å². The van der Waals surface area contributed by atoms with Crippen molar-refractivity contribution >= 4 is 11.8 Å². The average Bonchev–Trinajstić information content (AvgIpc) is 2.76. The van der Waals surface area contributed by atoms with Crippen LogP contribution in [-0.4, -0.2) is 50.3 Å². The smallest absolute Gasteiger partial charge is 0.191 e. The van der Waals surface area contributed by atoms with Crippen LogP contribution in [0.4, 0.5) is 10.2 Å². The van der Waals surface area contributed by atoms with Gasteiger partial charge in [0, 0.05) is 38.5 Å². The minimum atomic E-state index is -0.251. The van der Waals surface area contributed by atoms with Crippen LogP contribution < -0.4 is 15.5 Å². The standard InChI is InChI=1S/C23H32FN5O/c1-4-25-23(26-16-21(30-3)18-8-10-19(24)11-9-18)28-20-12-14-29(15-13-20)22-7-5-6-17(2)27-22/h5-11,20-21H,4,12-16H2,1-3H3,(H2,25,26,28). The van der Waals surface area contributed by atoms with Crippen LogP contribution in [-0.2, 0) is 4.74 Å². The molecule has 2 heterocycles. The third-order valence-electron chi connectivity index (χ3n) is 5.32. The average molecular weight is 414 g/mol. The van der Waals surface area contributed by atoms with Crippen molar-refractivity contribution in [1.82, 2.24) is 15.6 Å². The van der Waals surface area contributed by atoms with E-state index in [-0.39, 0.29) is 11.9 Å². The summed E-state index contributed by atoms with van der Waals surface area (Å²) < 4.78 is 18.8. The summed E-state index contributed by atoms with van der Waals surface area (Å²) in [5.74, 6) is 1.59. The van der Waals surface area contributed by atoms with E-state index in [1.807, 2.05) is 13.0 Å². The normalized spacial score (nSPS) is 16.4. The fourth-order valence-electron chi connectivity index (χ4n) is 3.64. The highest BCUT2D eigenvalue weighted by Crippen LogP contribution is 2.19. The number of aromatic nitrogens is 1. The van der Waals surface area contributed by atoms with Crippen molar-refractivity contribution < 1.29 is 9.13 Å². The number of nitrogens with one attached hydrogen (secondary N) is 2. The Labute approximate surface area is 178 Å². The first-order chi connectivity index (χ1) is 14.6. The van der Waals surface area contributed by atoms with E-state index in [2.05, 4.69) is 39.6 Å². The molecule has 1 aromatic carbocycles. The number of pyridine rings is 1. The Morgan fingerprint density at radius 1 is 1.23 bits per heavy atom. The van der Waals surface area contributed by atoms with Crippen molar-refractivity contribution in [2.45, 2.75) is 38.8 Å². The molecule has 1 atom stereocenters. The molecular weight excluding hydrogens is 381 g/mol. The van der Waals surface area contributed by atoms with Crippen LogP contribution >= 0.6 is 0 Å². The summed E-state index contributed by atoms with van der Waals surface area (Å²) in [5, 5.41) is 6.87. The maximum Gasteiger partial charge on any atom is 0.191 e. The van der Waals surface area contributed by atoms with Crippen LogP contribution in [0.15, 0.2) is 47.5 Å². The molecule has 2 N–H and O–H groups in total. The van der Waals surface area contributed by atoms with Gasteiger partial charge in [-0.1, -0.05) is 18.2 Å². The summed E-state index contributed by atoms with van der Waals surface area (Å²) >= 11 is 0. The number of aliphatic imine (C=N–C) groups is 1. The van der Waals surface area contributed by atoms with Gasteiger partial charge in [0.1, 0.15) is 17.7 Å². The lowest BCUT2D eigenvalue weighted by Crippen LogP contribution is -2.49. The number of piperidine rings is 1. The lowest BCUT2D eigenvalue weighted by atomic mass is 10.1. The van der Waals surface area contributed by atoms with Gasteiger partial charge in [-0.25, -0.2) is 9.37 Å². The van der Waals surface area contributed by atoms with E-state index in [9.17, 15) is 4.39 Å². The van der Waals surface area contributed by atoms with Gasteiger partial charge in [-0.3, -0.25) is 4.99 Å². The topological polar surface area (TPSA) is 61.8 Å². The summed E-state index contributed by atoms with van der Waals surface area (Å²) in [7, 11) is 1.65. The second-order valence-electron chi connectivity index (χ2n) is 7.54. The molecule has 1 aromatic heterocycles. The van der Waals surface area contributed by atoms with Crippen molar-refractivity contribution in [2.24, 2.45) is 4.99 Å². The molecule has 0 radical (unpaired) electrons. The van der Waals surface area contributed by atoms with Crippen molar-refractivity contribution in [3.05, 3.63) is 59.5 Å². The first-order valence-corrected chi connectivity index (χ1v) is 10.6. The lowest BCUT2D eigenvalue weighted by Gasteiger charge is -2.34. The molecule has 1 fully saturated rings. The molecule has 1 saturated heterocycles. The maximum absolute atomic E-state index is 13.2. The highest BCUT2D eigenvalue weighted by molar-refractivity contribution is 5.80. The summed E-state index contributed by atoms with van der Waals surface area (Å²) in [5.41, 5.74) is 1.96. The fourth-order valence-corrected chi connectivity index (χ4v) is 3.64. The number of ether oxygens (including phenoxy) is 1. The molecule has 30 heavy (non-hydrogen) atoms. The molecule has 0 spiro atoms. The van der Waals surface area contributed by atoms with E-state index >= 15 is 0 Å². The predicted octanol–water partition coefficient (Wildman–Crippen LogP) is 3.44. The Kier molecular flexibility index (Phi) is 8.02. The molecule has 0 bridgehead atoms. The van der Waals surface area contributed by atoms with Gasteiger partial charge in [0.05, 0.1) is 6.54 Å². The third-order valence-corrected chi connectivity index (χ3v) is 5.32. The predicted molar refractivity (Wildman–Crippen MR) is 119 cm³/mol. The van der Waals surface area contributed by atoms with E-state index in [1.54, 1.807) is 19.2 Å². The summed E-state index contributed by atoms with van der Waals surface area (Å²) in [4.78, 5) is 11.7. The largest absolute Gasteiger partial charge is 0.375 e. The van der Waals surface area contributed by atoms with E-state index in [0.717, 1.165) is 55.5 Å². The van der Waals surface area contributed by atoms with Crippen LogP contribution in [0.25, 0.3) is 0 Å². The Bertz CT molecular complexity index is 819. The third kappa shape index (κ3) is 6.16. The number of methoxy groups -OCH3 is 1. The summed E-state index contributed by atoms with van der Waals surface area (Å²) in [6, 6.07) is 12.9. The second-order valence-corrected chi connectivity index (χ2v) is 7.54. The number of hydrogen-bond donors (Lipinski definition) is 2. The van der Waals surface area contributed by atoms with Gasteiger partial charge in [-0.2, -0.15) is 0 Å². The van der Waals surface area contributed by atoms with Gasteiger partial charge < -0.3 is 20.3 Å². The summed E-state index contributed by atoms with van der Waals surface area (Å²) in [6.45, 7) is 7.25. The number of guanidine groups is 1. The Balaban J connectivity index is 1.56. The van der Waals surface area contributed by atoms with Crippen molar-refractivity contribution in [3.63, 3.8) is 0 Å². The van der Waals surface area contributed by atoms with E-state index in [0.29, 0.717) is 12.6 Å². The van der Waals surface area contributed by atoms with Crippen LogP contribution in [0.3, 0.4) is 0 Å². The van der Waals surface area contributed by atoms with Crippen LogP contribution in [0, 0.1) is 12.7 Å². The number of rotatable bonds is 7. The molecule has 6 nitrogen and oxygen atoms in total. The van der Waals surface area contributed by atoms with Gasteiger partial charge in [0.15, 0.2) is 5.96 Å². The van der Waals surface area contributed by atoms with E-state index < -0.39 is 0 Å². The molecule has 2 aromatic rings. The molecule has 1 aliphatic heterocycles. The number of benzene rings is 1. The van der Waals surface area contributed by atoms with Crippen LogP contribution in [0.2, 0.25) is 0 Å². The first-order valence-electron chi connectivity index (χ1n) is 10.6. The van der Waals surface area contributed by atoms with Gasteiger partial charge >= 0.3 is 0 Å². The number of anilines is 1. The van der Waals surface area contributed by atoms with E-state index in [4.69, 9.17) is 9.73 Å². The van der Waals surface area contributed by atoms with Gasteiger partial charge in [0.25, 0.3) is 0 Å². The van der Waals surface area contributed by atoms with Crippen molar-refractivity contribution in [3.8, 4) is 0 Å². The van der Waals surface area contributed by atoms with Gasteiger partial charge in [-0.15, -0.1) is 0 Å². The Morgan fingerprint density at radius 3 is 2.60 bits per heavy atom. The SMILES string of the molecule is CCNC(=NCC(OC)c1ccc(F)cc1)NC1CCN(c2cccc(C)n2)CC1. The maximum atomic E-state index is 13.2. The minimum Gasteiger partial charge on any atom is -0.375 e. The monoisotopic (exact) mass is 413 g/mol. The number of halogens is 1. The zero-order chi connectivity index (χ0) is 21.3. The quantitative estimate of drug-likeness (QED) is 0.538. The molecule has 1 unspecified atom stereocenters. The van der Waals surface area contributed by atoms with Gasteiger partial charge in [-0.05, 0) is 56.5 Å². The fraction of sp³-hybridized carbons (Fsp3) is 0.478. The van der Waals surface area contributed by atoms with Crippen molar-refractivity contribution in [1.29, 1.82) is 0 Å². The number of hydrogen-bond acceptors (Lipinski definition) is 4. The zero-order valence-corrected chi connectivity index (χ0v) is 18.1. The Morgan fingerprint density at radius 2 is 1.97 bits per heavy atom. The molecule has 7 heteroatoms. The van der Waals surface area contributed by atoms with Crippen LogP contribution in [0.5, 0.6) is 0 Å². The molecule has 0 amide bonds. The zero-order valence-electron chi connectivity index (χ0n) is 18.1. The minimum absolute atomic E-state index is 0.213. The first kappa shape index (κ1) is 22.0. The molecular formula is C23H32FN5O. The molecule has 162 valence electrons. The molecule has 0 aliphatic carbocycles. The Hall–Kier alpha value is -2.67. The lowest BCUT2D eigenvalue weighted by molar-refractivity contribution is 0.111. The molecule has 0 saturated carbocycles. The second kappa shape index (κ2) is 10.9. The number of aryl methyl sites for hydroxylation is 1. The molecule has 1 aliphatic rings. The van der Waals surface area contributed by atoms with Crippen molar-refractivity contribution in [2.75, 3.05) is 38.2 Å². The summed E-state index contributed by atoms with van der Waals surface area (Å²) in [6.07, 6.45) is 1.83.